The van der Waals surface area contributed by atoms with Crippen LogP contribution in [0.3, 0.4) is 0 Å². The van der Waals surface area contributed by atoms with E-state index in [0.29, 0.717) is 12.1 Å². The average Bonchev–Trinajstić information content (AvgIpc) is 3.19. The lowest BCUT2D eigenvalue weighted by atomic mass is 10.0. The maximum atomic E-state index is 12.8. The third-order valence-electron chi connectivity index (χ3n) is 3.77. The number of benzene rings is 2. The molecular weight excluding hydrogens is 330 g/mol. The Labute approximate surface area is 151 Å². The van der Waals surface area contributed by atoms with E-state index in [1.807, 2.05) is 78.2 Å². The fourth-order valence-electron chi connectivity index (χ4n) is 2.51. The summed E-state index contributed by atoms with van der Waals surface area (Å²) in [6.45, 7) is 0.520. The van der Waals surface area contributed by atoms with Gasteiger partial charge in [-0.2, -0.15) is 0 Å². The summed E-state index contributed by atoms with van der Waals surface area (Å²) in [5, 5.41) is 5.01. The third-order valence-corrected chi connectivity index (χ3v) is 4.65. The van der Waals surface area contributed by atoms with Crippen molar-refractivity contribution >= 4 is 28.9 Å². The largest absolute Gasteiger partial charge is 0.496 e. The fourth-order valence-corrected chi connectivity index (χ4v) is 3.16. The summed E-state index contributed by atoms with van der Waals surface area (Å²) in [6, 6.07) is 21.3. The van der Waals surface area contributed by atoms with Gasteiger partial charge in [-0.15, -0.1) is 11.3 Å². The van der Waals surface area contributed by atoms with Gasteiger partial charge in [0.1, 0.15) is 5.75 Å². The number of ether oxygens (including phenoxy) is 1. The molecule has 1 heterocycles. The first-order chi connectivity index (χ1) is 12.3. The Kier molecular flexibility index (Phi) is 5.65. The molecule has 0 aliphatic heterocycles. The fraction of sp³-hybridized carbons (Fsp3) is 0.0952. The van der Waals surface area contributed by atoms with Crippen molar-refractivity contribution in [2.75, 3.05) is 7.11 Å². The van der Waals surface area contributed by atoms with E-state index in [-0.39, 0.29) is 5.91 Å². The summed E-state index contributed by atoms with van der Waals surface area (Å²) in [4.78, 5) is 14.0. The van der Waals surface area contributed by atoms with Crippen molar-refractivity contribution in [3.05, 3.63) is 88.1 Å². The summed E-state index contributed by atoms with van der Waals surface area (Å²) < 4.78 is 5.41. The highest BCUT2D eigenvalue weighted by Crippen LogP contribution is 2.25. The zero-order chi connectivity index (χ0) is 17.5. The van der Waals surface area contributed by atoms with Crippen LogP contribution in [0.1, 0.15) is 16.0 Å². The lowest BCUT2D eigenvalue weighted by molar-refractivity contribution is -0.115. The van der Waals surface area contributed by atoms with Gasteiger partial charge in [0.05, 0.1) is 13.7 Å². The number of hydrogen-bond donors (Lipinski definition) is 1. The van der Waals surface area contributed by atoms with E-state index in [4.69, 9.17) is 4.74 Å². The van der Waals surface area contributed by atoms with Crippen molar-refractivity contribution in [3.63, 3.8) is 0 Å². The second kappa shape index (κ2) is 8.31. The second-order valence-corrected chi connectivity index (χ2v) is 6.46. The number of hydrogen-bond acceptors (Lipinski definition) is 3. The summed E-state index contributed by atoms with van der Waals surface area (Å²) in [5.74, 6) is 0.632. The molecule has 0 aliphatic rings. The first-order valence-corrected chi connectivity index (χ1v) is 8.86. The van der Waals surface area contributed by atoms with Crippen LogP contribution in [0.5, 0.6) is 5.75 Å². The Morgan fingerprint density at radius 1 is 1.04 bits per heavy atom. The molecule has 1 aromatic heterocycles. The number of carbonyl (C=O) groups excluding carboxylic acids is 1. The van der Waals surface area contributed by atoms with Gasteiger partial charge in [0.2, 0.25) is 0 Å². The highest BCUT2D eigenvalue weighted by molar-refractivity contribution is 7.09. The SMILES string of the molecule is COc1ccccc1/C=C(/C(=O)NCc1cccs1)c1ccccc1. The van der Waals surface area contributed by atoms with E-state index in [9.17, 15) is 4.79 Å². The molecule has 0 saturated heterocycles. The minimum absolute atomic E-state index is 0.106. The van der Waals surface area contributed by atoms with Gasteiger partial charge in [-0.25, -0.2) is 0 Å². The topological polar surface area (TPSA) is 38.3 Å². The van der Waals surface area contributed by atoms with Crippen LogP contribution in [-0.2, 0) is 11.3 Å². The van der Waals surface area contributed by atoms with Crippen molar-refractivity contribution in [1.29, 1.82) is 0 Å². The van der Waals surface area contributed by atoms with E-state index in [0.717, 1.165) is 21.8 Å². The van der Waals surface area contributed by atoms with Gasteiger partial charge in [-0.3, -0.25) is 4.79 Å². The van der Waals surface area contributed by atoms with Crippen LogP contribution in [0, 0.1) is 0 Å². The molecule has 2 aromatic carbocycles. The van der Waals surface area contributed by atoms with Crippen LogP contribution < -0.4 is 10.1 Å². The van der Waals surface area contributed by atoms with E-state index >= 15 is 0 Å². The molecule has 3 nitrogen and oxygen atoms in total. The molecule has 0 atom stereocenters. The van der Waals surface area contributed by atoms with Crippen molar-refractivity contribution in [1.82, 2.24) is 5.32 Å². The van der Waals surface area contributed by atoms with Crippen LogP contribution in [-0.4, -0.2) is 13.0 Å². The van der Waals surface area contributed by atoms with Gasteiger partial charge in [0.15, 0.2) is 0 Å². The van der Waals surface area contributed by atoms with Gasteiger partial charge < -0.3 is 10.1 Å². The van der Waals surface area contributed by atoms with Gasteiger partial charge in [-0.1, -0.05) is 54.6 Å². The molecular formula is C21H19NO2S. The number of methoxy groups -OCH3 is 1. The average molecular weight is 349 g/mol. The number of amides is 1. The minimum Gasteiger partial charge on any atom is -0.496 e. The van der Waals surface area contributed by atoms with Crippen LogP contribution in [0.25, 0.3) is 11.6 Å². The normalized spacial score (nSPS) is 11.2. The Balaban J connectivity index is 1.92. The maximum absolute atomic E-state index is 12.8. The van der Waals surface area contributed by atoms with Crippen molar-refractivity contribution in [2.45, 2.75) is 6.54 Å². The Bertz CT molecular complexity index is 855. The first kappa shape index (κ1) is 17.0. The molecule has 0 spiro atoms. The van der Waals surface area contributed by atoms with Gasteiger partial charge >= 0.3 is 0 Å². The van der Waals surface area contributed by atoms with Crippen molar-refractivity contribution in [2.24, 2.45) is 0 Å². The van der Waals surface area contributed by atoms with E-state index in [1.54, 1.807) is 18.4 Å². The van der Waals surface area contributed by atoms with Crippen LogP contribution in [0.4, 0.5) is 0 Å². The molecule has 3 rings (SSSR count). The lowest BCUT2D eigenvalue weighted by Gasteiger charge is -2.11. The minimum atomic E-state index is -0.106. The van der Waals surface area contributed by atoms with E-state index in [2.05, 4.69) is 5.32 Å². The zero-order valence-electron chi connectivity index (χ0n) is 13.9. The van der Waals surface area contributed by atoms with Gasteiger partial charge in [0.25, 0.3) is 5.91 Å². The zero-order valence-corrected chi connectivity index (χ0v) is 14.8. The number of nitrogens with one attached hydrogen (secondary N) is 1. The molecule has 0 bridgehead atoms. The number of thiophene rings is 1. The van der Waals surface area contributed by atoms with E-state index in [1.165, 1.54) is 0 Å². The summed E-state index contributed by atoms with van der Waals surface area (Å²) in [7, 11) is 1.63. The predicted octanol–water partition coefficient (Wildman–Crippen LogP) is 4.61. The highest BCUT2D eigenvalue weighted by Gasteiger charge is 2.13. The molecule has 126 valence electrons. The molecule has 1 N–H and O–H groups in total. The molecule has 25 heavy (non-hydrogen) atoms. The number of para-hydroxylation sites is 1. The van der Waals surface area contributed by atoms with Crippen LogP contribution in [0.15, 0.2) is 72.1 Å². The molecule has 0 fully saturated rings. The Hall–Kier alpha value is -2.85. The Morgan fingerprint density at radius 2 is 1.80 bits per heavy atom. The van der Waals surface area contributed by atoms with Crippen LogP contribution in [0.2, 0.25) is 0 Å². The molecule has 3 aromatic rings. The van der Waals surface area contributed by atoms with E-state index < -0.39 is 0 Å². The summed E-state index contributed by atoms with van der Waals surface area (Å²) in [5.41, 5.74) is 2.36. The second-order valence-electron chi connectivity index (χ2n) is 5.43. The third kappa shape index (κ3) is 4.37. The van der Waals surface area contributed by atoms with Gasteiger partial charge in [-0.05, 0) is 29.2 Å². The molecule has 0 saturated carbocycles. The molecule has 0 aliphatic carbocycles. The van der Waals surface area contributed by atoms with Gasteiger partial charge in [0, 0.05) is 16.0 Å². The summed E-state index contributed by atoms with van der Waals surface area (Å²) >= 11 is 1.63. The molecule has 1 amide bonds. The van der Waals surface area contributed by atoms with Crippen LogP contribution >= 0.6 is 11.3 Å². The first-order valence-electron chi connectivity index (χ1n) is 7.98. The highest BCUT2D eigenvalue weighted by atomic mass is 32.1. The van der Waals surface area contributed by atoms with Crippen molar-refractivity contribution < 1.29 is 9.53 Å². The Morgan fingerprint density at radius 3 is 2.52 bits per heavy atom. The van der Waals surface area contributed by atoms with Crippen molar-refractivity contribution in [3.8, 4) is 5.75 Å². The number of rotatable bonds is 6. The monoisotopic (exact) mass is 349 g/mol. The smallest absolute Gasteiger partial charge is 0.252 e. The summed E-state index contributed by atoms with van der Waals surface area (Å²) in [6.07, 6.45) is 1.87. The molecule has 0 unspecified atom stereocenters. The predicted molar refractivity (Wildman–Crippen MR) is 103 cm³/mol. The number of carbonyl (C=O) groups is 1. The lowest BCUT2D eigenvalue weighted by Crippen LogP contribution is -2.23. The molecule has 4 heteroatoms. The molecule has 0 radical (unpaired) electrons. The maximum Gasteiger partial charge on any atom is 0.252 e. The standard InChI is InChI=1S/C21H19NO2S/c1-24-20-12-6-5-10-17(20)14-19(16-8-3-2-4-9-16)21(23)22-15-18-11-7-13-25-18/h2-14H,15H2,1H3,(H,22,23)/b19-14+. The quantitative estimate of drug-likeness (QED) is 0.521.